The van der Waals surface area contributed by atoms with E-state index in [0.29, 0.717) is 32.8 Å². The second kappa shape index (κ2) is 8.95. The molecular formula is C16H24ClN3O4S. The van der Waals surface area contributed by atoms with E-state index in [1.807, 2.05) is 0 Å². The van der Waals surface area contributed by atoms with Crippen molar-refractivity contribution in [2.45, 2.75) is 23.8 Å². The Kier molecular flexibility index (Phi) is 7.21. The third-order valence-corrected chi connectivity index (χ3v) is 6.31. The van der Waals surface area contributed by atoms with Gasteiger partial charge in [0.05, 0.1) is 23.7 Å². The molecular weight excluding hydrogens is 366 g/mol. The van der Waals surface area contributed by atoms with Gasteiger partial charge in [-0.15, -0.1) is 12.4 Å². The highest BCUT2D eigenvalue weighted by atomic mass is 35.5. The predicted molar refractivity (Wildman–Crippen MR) is 96.6 cm³/mol. The van der Waals surface area contributed by atoms with E-state index in [1.54, 1.807) is 18.2 Å². The zero-order chi connectivity index (χ0) is 17.0. The van der Waals surface area contributed by atoms with Crippen LogP contribution in [-0.2, 0) is 14.8 Å². The number of hydrogen-bond acceptors (Lipinski definition) is 5. The van der Waals surface area contributed by atoms with Crippen molar-refractivity contribution in [2.24, 2.45) is 0 Å². The molecule has 0 radical (unpaired) electrons. The highest BCUT2D eigenvalue weighted by Crippen LogP contribution is 2.21. The van der Waals surface area contributed by atoms with Gasteiger partial charge < -0.3 is 15.4 Å². The number of ether oxygens (including phenoxy) is 1. The van der Waals surface area contributed by atoms with Crippen LogP contribution in [0.5, 0.6) is 0 Å². The third-order valence-electron chi connectivity index (χ3n) is 4.35. The Bertz CT molecular complexity index is 686. The number of carbonyl (C=O) groups excluding carboxylic acids is 1. The summed E-state index contributed by atoms with van der Waals surface area (Å²) in [6.45, 7) is 3.04. The Morgan fingerprint density at radius 1 is 1.24 bits per heavy atom. The molecule has 7 nitrogen and oxygen atoms in total. The lowest BCUT2D eigenvalue weighted by Crippen LogP contribution is -2.46. The molecule has 0 aliphatic carbocycles. The number of benzene rings is 1. The van der Waals surface area contributed by atoms with Crippen LogP contribution in [0.15, 0.2) is 29.2 Å². The molecule has 9 heteroatoms. The van der Waals surface area contributed by atoms with Crippen molar-refractivity contribution in [2.75, 3.05) is 39.4 Å². The molecule has 1 unspecified atom stereocenters. The molecule has 2 N–H and O–H groups in total. The lowest BCUT2D eigenvalue weighted by Gasteiger charge is -2.27. The van der Waals surface area contributed by atoms with Crippen LogP contribution < -0.4 is 10.6 Å². The summed E-state index contributed by atoms with van der Waals surface area (Å²) in [5.41, 5.74) is 0.203. The number of nitrogens with one attached hydrogen (secondary N) is 2. The van der Waals surface area contributed by atoms with Crippen LogP contribution in [0.25, 0.3) is 0 Å². The third kappa shape index (κ3) is 4.71. The van der Waals surface area contributed by atoms with Gasteiger partial charge in [0.2, 0.25) is 10.0 Å². The van der Waals surface area contributed by atoms with E-state index in [-0.39, 0.29) is 34.8 Å². The Morgan fingerprint density at radius 2 is 1.96 bits per heavy atom. The van der Waals surface area contributed by atoms with Crippen LogP contribution in [-0.4, -0.2) is 64.1 Å². The van der Waals surface area contributed by atoms with E-state index in [2.05, 4.69) is 10.6 Å². The molecule has 1 amide bonds. The topological polar surface area (TPSA) is 87.7 Å². The summed E-state index contributed by atoms with van der Waals surface area (Å²) in [6.07, 6.45) is 1.90. The minimum Gasteiger partial charge on any atom is -0.379 e. The number of rotatable bonds is 4. The molecule has 25 heavy (non-hydrogen) atoms. The van der Waals surface area contributed by atoms with Crippen LogP contribution in [0.3, 0.4) is 0 Å². The number of halogens is 1. The van der Waals surface area contributed by atoms with Crippen LogP contribution in [0.4, 0.5) is 0 Å². The van der Waals surface area contributed by atoms with Crippen molar-refractivity contribution in [3.8, 4) is 0 Å². The molecule has 0 bridgehead atoms. The van der Waals surface area contributed by atoms with Crippen LogP contribution in [0, 0.1) is 0 Å². The first-order chi connectivity index (χ1) is 11.6. The van der Waals surface area contributed by atoms with E-state index in [9.17, 15) is 13.2 Å². The maximum absolute atomic E-state index is 12.9. The number of carbonyl (C=O) groups is 1. The largest absolute Gasteiger partial charge is 0.379 e. The SMILES string of the molecule is Cl.O=C(NC1CCCNC1)c1ccccc1S(=O)(=O)N1CCOCC1. The highest BCUT2D eigenvalue weighted by molar-refractivity contribution is 7.89. The number of nitrogens with zero attached hydrogens (tertiary/aromatic N) is 1. The fraction of sp³-hybridized carbons (Fsp3) is 0.562. The second-order valence-electron chi connectivity index (χ2n) is 6.03. The number of amides is 1. The van der Waals surface area contributed by atoms with Crippen molar-refractivity contribution in [1.29, 1.82) is 0 Å². The van der Waals surface area contributed by atoms with Crippen LogP contribution in [0.1, 0.15) is 23.2 Å². The first-order valence-electron chi connectivity index (χ1n) is 8.27. The molecule has 1 aromatic carbocycles. The smallest absolute Gasteiger partial charge is 0.252 e. The molecule has 1 aromatic rings. The first kappa shape index (κ1) is 20.1. The maximum Gasteiger partial charge on any atom is 0.252 e. The van der Waals surface area contributed by atoms with Crippen LogP contribution >= 0.6 is 12.4 Å². The fourth-order valence-corrected chi connectivity index (χ4v) is 4.64. The monoisotopic (exact) mass is 389 g/mol. The molecule has 2 aliphatic rings. The van der Waals surface area contributed by atoms with E-state index < -0.39 is 10.0 Å². The summed E-state index contributed by atoms with van der Waals surface area (Å²) < 4.78 is 32.4. The predicted octanol–water partition coefficient (Wildman–Crippen LogP) is 0.611. The van der Waals surface area contributed by atoms with Gasteiger partial charge in [-0.1, -0.05) is 12.1 Å². The zero-order valence-corrected chi connectivity index (χ0v) is 15.6. The van der Waals surface area contributed by atoms with E-state index in [0.717, 1.165) is 19.4 Å². The van der Waals surface area contributed by atoms with Crippen molar-refractivity contribution < 1.29 is 17.9 Å². The summed E-state index contributed by atoms with van der Waals surface area (Å²) in [5.74, 6) is -0.337. The van der Waals surface area contributed by atoms with Gasteiger partial charge in [0.15, 0.2) is 0 Å². The Balaban J connectivity index is 0.00000225. The summed E-state index contributed by atoms with van der Waals surface area (Å²) in [6, 6.07) is 6.43. The molecule has 0 spiro atoms. The number of hydrogen-bond donors (Lipinski definition) is 2. The minimum absolute atomic E-state index is 0. The molecule has 0 saturated carbocycles. The lowest BCUT2D eigenvalue weighted by atomic mass is 10.1. The molecule has 2 fully saturated rings. The van der Waals surface area contributed by atoms with Gasteiger partial charge in [-0.05, 0) is 31.5 Å². The molecule has 3 rings (SSSR count). The van der Waals surface area contributed by atoms with E-state index in [4.69, 9.17) is 4.74 Å². The van der Waals surface area contributed by atoms with Gasteiger partial charge in [0.25, 0.3) is 5.91 Å². The molecule has 2 saturated heterocycles. The molecule has 1 atom stereocenters. The zero-order valence-electron chi connectivity index (χ0n) is 13.9. The van der Waals surface area contributed by atoms with Gasteiger partial charge in [-0.2, -0.15) is 4.31 Å². The Morgan fingerprint density at radius 3 is 2.64 bits per heavy atom. The highest BCUT2D eigenvalue weighted by Gasteiger charge is 2.30. The van der Waals surface area contributed by atoms with Crippen molar-refractivity contribution >= 4 is 28.3 Å². The molecule has 2 heterocycles. The normalized spacial score (nSPS) is 22.0. The molecule has 0 aromatic heterocycles. The standard InChI is InChI=1S/C16H23N3O4S.ClH/c20-16(18-13-4-3-7-17-12-13)14-5-1-2-6-15(14)24(21,22)19-8-10-23-11-9-19;/h1-2,5-6,13,17H,3-4,7-12H2,(H,18,20);1H. The van der Waals surface area contributed by atoms with Gasteiger partial charge in [0, 0.05) is 25.7 Å². The quantitative estimate of drug-likeness (QED) is 0.787. The van der Waals surface area contributed by atoms with Gasteiger partial charge >= 0.3 is 0 Å². The maximum atomic E-state index is 12.9. The van der Waals surface area contributed by atoms with Crippen molar-refractivity contribution in [3.63, 3.8) is 0 Å². The van der Waals surface area contributed by atoms with E-state index in [1.165, 1.54) is 10.4 Å². The van der Waals surface area contributed by atoms with Gasteiger partial charge in [-0.25, -0.2) is 8.42 Å². The number of sulfonamides is 1. The summed E-state index contributed by atoms with van der Waals surface area (Å²) in [5, 5.41) is 6.17. The van der Waals surface area contributed by atoms with E-state index >= 15 is 0 Å². The first-order valence-corrected chi connectivity index (χ1v) is 9.71. The van der Waals surface area contributed by atoms with Crippen molar-refractivity contribution in [1.82, 2.24) is 14.9 Å². The van der Waals surface area contributed by atoms with Crippen molar-refractivity contribution in [3.05, 3.63) is 29.8 Å². The summed E-state index contributed by atoms with van der Waals surface area (Å²) in [4.78, 5) is 12.7. The minimum atomic E-state index is -3.70. The second-order valence-corrected chi connectivity index (χ2v) is 7.94. The average molecular weight is 390 g/mol. The summed E-state index contributed by atoms with van der Waals surface area (Å²) in [7, 11) is -3.70. The van der Waals surface area contributed by atoms with Gasteiger partial charge in [-0.3, -0.25) is 4.79 Å². The Hall–Kier alpha value is -1.19. The number of piperidine rings is 1. The average Bonchev–Trinajstić information content (AvgIpc) is 2.63. The fourth-order valence-electron chi connectivity index (χ4n) is 3.04. The molecule has 2 aliphatic heterocycles. The van der Waals surface area contributed by atoms with Gasteiger partial charge in [0.1, 0.15) is 0 Å². The Labute approximate surface area is 154 Å². The molecule has 140 valence electrons. The van der Waals surface area contributed by atoms with Crippen LogP contribution in [0.2, 0.25) is 0 Å². The summed E-state index contributed by atoms with van der Waals surface area (Å²) >= 11 is 0. The lowest BCUT2D eigenvalue weighted by molar-refractivity contribution is 0.0729. The number of morpholine rings is 1.